The van der Waals surface area contributed by atoms with Crippen LogP contribution in [0.15, 0.2) is 42.5 Å². The Hall–Kier alpha value is -3.29. The lowest BCUT2D eigenvalue weighted by molar-refractivity contribution is -0.117. The molecule has 0 unspecified atom stereocenters. The van der Waals surface area contributed by atoms with Gasteiger partial charge in [0.1, 0.15) is 0 Å². The largest absolute Gasteiger partial charge is 0.368 e. The fourth-order valence-electron chi connectivity index (χ4n) is 1.97. The van der Waals surface area contributed by atoms with E-state index < -0.39 is 29.4 Å². The van der Waals surface area contributed by atoms with Crippen LogP contribution in [-0.4, -0.2) is 24.3 Å². The SMILES string of the molecule is NC(=O)CNC(=O)c1ccc(CNC(=O)c2ccc(F)c(F)c2)cc1. The number of halogens is 2. The quantitative estimate of drug-likeness (QED) is 0.729. The molecule has 6 nitrogen and oxygen atoms in total. The molecule has 0 aliphatic carbocycles. The summed E-state index contributed by atoms with van der Waals surface area (Å²) in [6.07, 6.45) is 0. The van der Waals surface area contributed by atoms with Gasteiger partial charge < -0.3 is 16.4 Å². The van der Waals surface area contributed by atoms with Gasteiger partial charge in [-0.2, -0.15) is 0 Å². The first-order valence-electron chi connectivity index (χ1n) is 7.25. The number of carbonyl (C=O) groups excluding carboxylic acids is 3. The summed E-state index contributed by atoms with van der Waals surface area (Å²) in [4.78, 5) is 34.2. The van der Waals surface area contributed by atoms with Crippen molar-refractivity contribution >= 4 is 17.7 Å². The molecule has 2 rings (SSSR count). The van der Waals surface area contributed by atoms with Gasteiger partial charge in [-0.15, -0.1) is 0 Å². The summed E-state index contributed by atoms with van der Waals surface area (Å²) in [5, 5.41) is 4.91. The second kappa shape index (κ2) is 8.00. The fourth-order valence-corrected chi connectivity index (χ4v) is 1.97. The van der Waals surface area contributed by atoms with Gasteiger partial charge in [0, 0.05) is 17.7 Å². The Balaban J connectivity index is 1.92. The van der Waals surface area contributed by atoms with Crippen LogP contribution >= 0.6 is 0 Å². The molecule has 3 amide bonds. The number of amides is 3. The molecule has 8 heteroatoms. The van der Waals surface area contributed by atoms with E-state index in [-0.39, 0.29) is 18.7 Å². The van der Waals surface area contributed by atoms with Gasteiger partial charge in [-0.05, 0) is 35.9 Å². The Bertz CT molecular complexity index is 807. The average molecular weight is 347 g/mol. The van der Waals surface area contributed by atoms with Crippen LogP contribution in [-0.2, 0) is 11.3 Å². The zero-order valence-corrected chi connectivity index (χ0v) is 13.0. The minimum atomic E-state index is -1.10. The molecule has 25 heavy (non-hydrogen) atoms. The van der Waals surface area contributed by atoms with E-state index in [1.54, 1.807) is 12.1 Å². The maximum Gasteiger partial charge on any atom is 0.251 e. The topological polar surface area (TPSA) is 101 Å². The first kappa shape index (κ1) is 18.1. The molecule has 0 atom stereocenters. The van der Waals surface area contributed by atoms with Gasteiger partial charge in [0.15, 0.2) is 11.6 Å². The molecule has 2 aromatic rings. The number of primary amides is 1. The highest BCUT2D eigenvalue weighted by Gasteiger charge is 2.10. The minimum absolute atomic E-state index is 0.00125. The third kappa shape index (κ3) is 5.10. The molecule has 0 saturated heterocycles. The predicted molar refractivity (Wildman–Crippen MR) is 85.5 cm³/mol. The maximum absolute atomic E-state index is 13.1. The van der Waals surface area contributed by atoms with E-state index >= 15 is 0 Å². The fraction of sp³-hybridized carbons (Fsp3) is 0.118. The van der Waals surface area contributed by atoms with E-state index in [2.05, 4.69) is 10.6 Å². The zero-order valence-electron chi connectivity index (χ0n) is 13.0. The summed E-state index contributed by atoms with van der Waals surface area (Å²) in [5.41, 5.74) is 5.97. The van der Waals surface area contributed by atoms with Crippen molar-refractivity contribution in [2.75, 3.05) is 6.54 Å². The lowest BCUT2D eigenvalue weighted by Crippen LogP contribution is -2.33. The van der Waals surface area contributed by atoms with Crippen LogP contribution < -0.4 is 16.4 Å². The van der Waals surface area contributed by atoms with Gasteiger partial charge in [-0.25, -0.2) is 8.78 Å². The number of nitrogens with two attached hydrogens (primary N) is 1. The first-order valence-corrected chi connectivity index (χ1v) is 7.25. The molecule has 0 spiro atoms. The minimum Gasteiger partial charge on any atom is -0.368 e. The Morgan fingerprint density at radius 3 is 2.04 bits per heavy atom. The second-order valence-corrected chi connectivity index (χ2v) is 5.16. The van der Waals surface area contributed by atoms with Crippen molar-refractivity contribution < 1.29 is 23.2 Å². The van der Waals surface area contributed by atoms with E-state index in [1.807, 2.05) is 0 Å². The van der Waals surface area contributed by atoms with Crippen LogP contribution in [0.4, 0.5) is 8.78 Å². The van der Waals surface area contributed by atoms with Gasteiger partial charge in [0.25, 0.3) is 11.8 Å². The Morgan fingerprint density at radius 2 is 1.44 bits per heavy atom. The molecule has 0 aliphatic heterocycles. The Kier molecular flexibility index (Phi) is 5.78. The summed E-state index contributed by atoms with van der Waals surface area (Å²) in [5.74, 6) is -3.77. The van der Waals surface area contributed by atoms with Crippen LogP contribution in [0.25, 0.3) is 0 Å². The second-order valence-electron chi connectivity index (χ2n) is 5.16. The monoisotopic (exact) mass is 347 g/mol. The molecule has 2 aromatic carbocycles. The maximum atomic E-state index is 13.1. The van der Waals surface area contributed by atoms with E-state index in [0.717, 1.165) is 12.1 Å². The summed E-state index contributed by atoms with van der Waals surface area (Å²) < 4.78 is 26.0. The molecule has 0 fully saturated rings. The van der Waals surface area contributed by atoms with Gasteiger partial charge in [-0.3, -0.25) is 14.4 Å². The van der Waals surface area contributed by atoms with Crippen molar-refractivity contribution in [1.82, 2.24) is 10.6 Å². The highest BCUT2D eigenvalue weighted by atomic mass is 19.2. The molecule has 130 valence electrons. The third-order valence-electron chi connectivity index (χ3n) is 3.27. The lowest BCUT2D eigenvalue weighted by atomic mass is 10.1. The third-order valence-corrected chi connectivity index (χ3v) is 3.27. The number of hydrogen-bond donors (Lipinski definition) is 3. The van der Waals surface area contributed by atoms with Crippen molar-refractivity contribution in [2.24, 2.45) is 5.73 Å². The van der Waals surface area contributed by atoms with Gasteiger partial charge in [0.05, 0.1) is 6.54 Å². The summed E-state index contributed by atoms with van der Waals surface area (Å²) in [7, 11) is 0. The molecule has 0 bridgehead atoms. The van der Waals surface area contributed by atoms with Crippen molar-refractivity contribution in [3.63, 3.8) is 0 Å². The van der Waals surface area contributed by atoms with Crippen molar-refractivity contribution in [3.05, 3.63) is 70.8 Å². The molecule has 0 saturated carbocycles. The first-order chi connectivity index (χ1) is 11.9. The zero-order chi connectivity index (χ0) is 18.4. The number of rotatable bonds is 6. The van der Waals surface area contributed by atoms with Gasteiger partial charge >= 0.3 is 0 Å². The number of hydrogen-bond acceptors (Lipinski definition) is 3. The smallest absolute Gasteiger partial charge is 0.251 e. The number of nitrogens with one attached hydrogen (secondary N) is 2. The summed E-state index contributed by atoms with van der Waals surface area (Å²) >= 11 is 0. The van der Waals surface area contributed by atoms with E-state index in [0.29, 0.717) is 11.1 Å². The van der Waals surface area contributed by atoms with Crippen molar-refractivity contribution in [3.8, 4) is 0 Å². The Labute approximate surface area is 142 Å². The van der Waals surface area contributed by atoms with Crippen LogP contribution in [0.2, 0.25) is 0 Å². The van der Waals surface area contributed by atoms with Gasteiger partial charge in [-0.1, -0.05) is 12.1 Å². The molecule has 0 heterocycles. The molecular formula is C17H15F2N3O3. The molecule has 0 aliphatic rings. The predicted octanol–water partition coefficient (Wildman–Crippen LogP) is 1.11. The van der Waals surface area contributed by atoms with E-state index in [1.165, 1.54) is 18.2 Å². The molecule has 4 N–H and O–H groups in total. The normalized spacial score (nSPS) is 10.2. The highest BCUT2D eigenvalue weighted by Crippen LogP contribution is 2.09. The van der Waals surface area contributed by atoms with Crippen LogP contribution in [0.1, 0.15) is 26.3 Å². The van der Waals surface area contributed by atoms with E-state index in [9.17, 15) is 23.2 Å². The summed E-state index contributed by atoms with van der Waals surface area (Å²) in [6, 6.07) is 9.15. The van der Waals surface area contributed by atoms with Crippen LogP contribution in [0.3, 0.4) is 0 Å². The highest BCUT2D eigenvalue weighted by molar-refractivity contribution is 5.96. The lowest BCUT2D eigenvalue weighted by Gasteiger charge is -2.07. The van der Waals surface area contributed by atoms with Crippen LogP contribution in [0, 0.1) is 11.6 Å². The summed E-state index contributed by atoms with van der Waals surface area (Å²) in [6.45, 7) is -0.119. The number of benzene rings is 2. The Morgan fingerprint density at radius 1 is 0.840 bits per heavy atom. The molecular weight excluding hydrogens is 332 g/mol. The van der Waals surface area contributed by atoms with E-state index in [4.69, 9.17) is 5.73 Å². The number of carbonyl (C=O) groups is 3. The standard InChI is InChI=1S/C17H15F2N3O3/c18-13-6-5-12(7-14(13)19)17(25)21-8-10-1-3-11(4-2-10)16(24)22-9-15(20)23/h1-7H,8-9H2,(H2,20,23)(H,21,25)(H,22,24). The van der Waals surface area contributed by atoms with Crippen molar-refractivity contribution in [1.29, 1.82) is 0 Å². The van der Waals surface area contributed by atoms with Gasteiger partial charge in [0.2, 0.25) is 5.91 Å². The van der Waals surface area contributed by atoms with Crippen LogP contribution in [0.5, 0.6) is 0 Å². The molecule has 0 aromatic heterocycles. The average Bonchev–Trinajstić information content (AvgIpc) is 2.60. The molecule has 0 radical (unpaired) electrons. The van der Waals surface area contributed by atoms with Crippen molar-refractivity contribution in [2.45, 2.75) is 6.54 Å².